The van der Waals surface area contributed by atoms with Crippen LogP contribution < -0.4 is 15.8 Å². The summed E-state index contributed by atoms with van der Waals surface area (Å²) in [4.78, 5) is 15.0. The lowest BCUT2D eigenvalue weighted by molar-refractivity contribution is -0.116. The highest BCUT2D eigenvalue weighted by Gasteiger charge is 2.07. The van der Waals surface area contributed by atoms with E-state index in [0.717, 1.165) is 16.9 Å². The number of carbonyl (C=O) groups is 1. The van der Waals surface area contributed by atoms with E-state index >= 15 is 0 Å². The molecule has 6 heteroatoms. The Morgan fingerprint density at radius 1 is 1.29 bits per heavy atom. The van der Waals surface area contributed by atoms with E-state index in [4.69, 9.17) is 10.5 Å². The minimum Gasteiger partial charge on any atom is -0.492 e. The standard InChI is InChI=1S/C18H23N3O3/c1-13(22)10-14-2-5-16(6-3-14)24-9-8-20-12-17(23)15-4-7-18(19)21-11-15/h2-7,11,17,20,23H,8-10,12H2,1H3,(H2,19,21)/t17-/m0/s1. The molecule has 1 aromatic carbocycles. The van der Waals surface area contributed by atoms with Gasteiger partial charge in [-0.3, -0.25) is 4.79 Å². The molecule has 0 saturated heterocycles. The van der Waals surface area contributed by atoms with Crippen molar-refractivity contribution in [1.82, 2.24) is 10.3 Å². The molecular formula is C18H23N3O3. The first kappa shape index (κ1) is 17.9. The second kappa shape index (κ2) is 9.00. The van der Waals surface area contributed by atoms with Crippen molar-refractivity contribution < 1.29 is 14.6 Å². The molecular weight excluding hydrogens is 306 g/mol. The average molecular weight is 329 g/mol. The smallest absolute Gasteiger partial charge is 0.134 e. The molecule has 0 aliphatic heterocycles. The van der Waals surface area contributed by atoms with Crippen molar-refractivity contribution in [3.8, 4) is 5.75 Å². The van der Waals surface area contributed by atoms with Gasteiger partial charge in [0.15, 0.2) is 0 Å². The van der Waals surface area contributed by atoms with Crippen molar-refractivity contribution in [2.75, 3.05) is 25.4 Å². The zero-order valence-corrected chi connectivity index (χ0v) is 13.7. The van der Waals surface area contributed by atoms with Crippen molar-refractivity contribution in [2.45, 2.75) is 19.4 Å². The quantitative estimate of drug-likeness (QED) is 0.603. The number of benzene rings is 1. The van der Waals surface area contributed by atoms with Crippen LogP contribution in [0.2, 0.25) is 0 Å². The second-order valence-corrected chi connectivity index (χ2v) is 5.61. The number of carbonyl (C=O) groups excluding carboxylic acids is 1. The maximum atomic E-state index is 11.0. The third-order valence-corrected chi connectivity index (χ3v) is 3.46. The van der Waals surface area contributed by atoms with E-state index in [-0.39, 0.29) is 5.78 Å². The van der Waals surface area contributed by atoms with Crippen LogP contribution in [-0.2, 0) is 11.2 Å². The highest BCUT2D eigenvalue weighted by Crippen LogP contribution is 2.13. The molecule has 0 radical (unpaired) electrons. The van der Waals surface area contributed by atoms with Gasteiger partial charge in [0, 0.05) is 31.3 Å². The predicted octanol–water partition coefficient (Wildman–Crippen LogP) is 1.50. The molecule has 0 fully saturated rings. The Labute approximate surface area is 141 Å². The van der Waals surface area contributed by atoms with Crippen LogP contribution in [0.15, 0.2) is 42.6 Å². The fourth-order valence-corrected chi connectivity index (χ4v) is 2.20. The van der Waals surface area contributed by atoms with Gasteiger partial charge >= 0.3 is 0 Å². The number of nitrogen functional groups attached to an aromatic ring is 1. The molecule has 1 atom stereocenters. The molecule has 0 spiro atoms. The average Bonchev–Trinajstić information content (AvgIpc) is 2.56. The lowest BCUT2D eigenvalue weighted by Gasteiger charge is -2.12. The maximum absolute atomic E-state index is 11.0. The van der Waals surface area contributed by atoms with Crippen molar-refractivity contribution in [3.05, 3.63) is 53.7 Å². The van der Waals surface area contributed by atoms with E-state index in [0.29, 0.717) is 31.9 Å². The van der Waals surface area contributed by atoms with Gasteiger partial charge in [-0.25, -0.2) is 4.98 Å². The molecule has 2 aromatic rings. The van der Waals surface area contributed by atoms with Gasteiger partial charge < -0.3 is 20.9 Å². The lowest BCUT2D eigenvalue weighted by atomic mass is 10.1. The number of aliphatic hydroxyl groups is 1. The number of aliphatic hydroxyl groups excluding tert-OH is 1. The first-order chi connectivity index (χ1) is 11.5. The summed E-state index contributed by atoms with van der Waals surface area (Å²) in [6, 6.07) is 10.9. The molecule has 0 saturated carbocycles. The zero-order valence-electron chi connectivity index (χ0n) is 13.7. The summed E-state index contributed by atoms with van der Waals surface area (Å²) in [7, 11) is 0. The molecule has 2 rings (SSSR count). The number of Topliss-reactive ketones (excluding diaryl/α,β-unsaturated/α-hetero) is 1. The highest BCUT2D eigenvalue weighted by atomic mass is 16.5. The van der Waals surface area contributed by atoms with Gasteiger partial charge in [-0.15, -0.1) is 0 Å². The molecule has 0 unspecified atom stereocenters. The van der Waals surface area contributed by atoms with Gasteiger partial charge in [0.1, 0.15) is 24.0 Å². The number of hydrogen-bond acceptors (Lipinski definition) is 6. The number of rotatable bonds is 9. The van der Waals surface area contributed by atoms with E-state index in [9.17, 15) is 9.90 Å². The van der Waals surface area contributed by atoms with Crippen LogP contribution in [0.3, 0.4) is 0 Å². The summed E-state index contributed by atoms with van der Waals surface area (Å²) in [5.74, 6) is 1.33. The van der Waals surface area contributed by atoms with E-state index in [1.807, 2.05) is 24.3 Å². The zero-order chi connectivity index (χ0) is 17.4. The third-order valence-electron chi connectivity index (χ3n) is 3.46. The maximum Gasteiger partial charge on any atom is 0.134 e. The van der Waals surface area contributed by atoms with E-state index in [1.165, 1.54) is 0 Å². The summed E-state index contributed by atoms with van der Waals surface area (Å²) < 4.78 is 5.61. The molecule has 0 bridgehead atoms. The summed E-state index contributed by atoms with van der Waals surface area (Å²) >= 11 is 0. The normalized spacial score (nSPS) is 11.9. The molecule has 0 aliphatic carbocycles. The number of nitrogens with zero attached hydrogens (tertiary/aromatic N) is 1. The monoisotopic (exact) mass is 329 g/mol. The van der Waals surface area contributed by atoms with Crippen molar-refractivity contribution in [2.24, 2.45) is 0 Å². The Kier molecular flexibility index (Phi) is 6.72. The fraction of sp³-hybridized carbons (Fsp3) is 0.333. The molecule has 24 heavy (non-hydrogen) atoms. The first-order valence-corrected chi connectivity index (χ1v) is 7.86. The van der Waals surface area contributed by atoms with E-state index < -0.39 is 6.10 Å². The number of anilines is 1. The third kappa shape index (κ3) is 5.98. The number of ether oxygens (including phenoxy) is 1. The van der Waals surface area contributed by atoms with Gasteiger partial charge in [0.05, 0.1) is 6.10 Å². The molecule has 128 valence electrons. The Morgan fingerprint density at radius 2 is 2.04 bits per heavy atom. The number of nitrogens with two attached hydrogens (primary N) is 1. The largest absolute Gasteiger partial charge is 0.492 e. The van der Waals surface area contributed by atoms with Crippen LogP contribution >= 0.6 is 0 Å². The Morgan fingerprint density at radius 3 is 2.67 bits per heavy atom. The minimum absolute atomic E-state index is 0.141. The highest BCUT2D eigenvalue weighted by molar-refractivity contribution is 5.78. The number of pyridine rings is 1. The number of aromatic nitrogens is 1. The SMILES string of the molecule is CC(=O)Cc1ccc(OCCNC[C@H](O)c2ccc(N)nc2)cc1. The van der Waals surface area contributed by atoms with Gasteiger partial charge in [-0.1, -0.05) is 18.2 Å². The summed E-state index contributed by atoms with van der Waals surface area (Å²) in [6.45, 7) is 3.07. The molecule has 0 aliphatic rings. The molecule has 0 amide bonds. The molecule has 1 aromatic heterocycles. The Hall–Kier alpha value is -2.44. The predicted molar refractivity (Wildman–Crippen MR) is 92.8 cm³/mol. The van der Waals surface area contributed by atoms with Crippen LogP contribution in [0.25, 0.3) is 0 Å². The second-order valence-electron chi connectivity index (χ2n) is 5.61. The van der Waals surface area contributed by atoms with Crippen LogP contribution in [0, 0.1) is 0 Å². The lowest BCUT2D eigenvalue weighted by Crippen LogP contribution is -2.26. The van der Waals surface area contributed by atoms with Crippen LogP contribution in [0.4, 0.5) is 5.82 Å². The number of ketones is 1. The number of nitrogens with one attached hydrogen (secondary N) is 1. The first-order valence-electron chi connectivity index (χ1n) is 7.86. The van der Waals surface area contributed by atoms with Crippen molar-refractivity contribution >= 4 is 11.6 Å². The fourth-order valence-electron chi connectivity index (χ4n) is 2.20. The van der Waals surface area contributed by atoms with Gasteiger partial charge in [-0.05, 0) is 30.7 Å². The van der Waals surface area contributed by atoms with E-state index in [1.54, 1.807) is 25.3 Å². The van der Waals surface area contributed by atoms with E-state index in [2.05, 4.69) is 10.3 Å². The van der Waals surface area contributed by atoms with Crippen LogP contribution in [0.5, 0.6) is 5.75 Å². The van der Waals surface area contributed by atoms with Crippen molar-refractivity contribution in [1.29, 1.82) is 0 Å². The molecule has 4 N–H and O–H groups in total. The summed E-state index contributed by atoms with van der Waals surface area (Å²) in [6.07, 6.45) is 1.38. The Balaban J connectivity index is 1.65. The summed E-state index contributed by atoms with van der Waals surface area (Å²) in [5.41, 5.74) is 7.21. The van der Waals surface area contributed by atoms with Gasteiger partial charge in [0.2, 0.25) is 0 Å². The van der Waals surface area contributed by atoms with Crippen LogP contribution in [0.1, 0.15) is 24.2 Å². The minimum atomic E-state index is -0.635. The molecule has 6 nitrogen and oxygen atoms in total. The van der Waals surface area contributed by atoms with Crippen molar-refractivity contribution in [3.63, 3.8) is 0 Å². The topological polar surface area (TPSA) is 97.5 Å². The van der Waals surface area contributed by atoms with Crippen LogP contribution in [-0.4, -0.2) is 35.6 Å². The van der Waals surface area contributed by atoms with Gasteiger partial charge in [-0.2, -0.15) is 0 Å². The molecule has 1 heterocycles. The van der Waals surface area contributed by atoms with Gasteiger partial charge in [0.25, 0.3) is 0 Å². The summed E-state index contributed by atoms with van der Waals surface area (Å²) in [5, 5.41) is 13.1. The number of hydrogen-bond donors (Lipinski definition) is 3. The Bertz CT molecular complexity index is 642.